The molecule has 1 aromatic carbocycles. The third-order valence-corrected chi connectivity index (χ3v) is 3.52. The minimum absolute atomic E-state index is 0.146. The molecule has 0 spiro atoms. The molecule has 4 heteroatoms. The van der Waals surface area contributed by atoms with Crippen LogP contribution in [0.1, 0.15) is 10.4 Å². The Morgan fingerprint density at radius 1 is 1.12 bits per heavy atom. The van der Waals surface area contributed by atoms with Gasteiger partial charge in [-0.15, -0.1) is 11.3 Å². The minimum atomic E-state index is -1.01. The van der Waals surface area contributed by atoms with Crippen LogP contribution in [-0.4, -0.2) is 11.1 Å². The first-order valence-electron chi connectivity index (χ1n) is 4.92. The Morgan fingerprint density at radius 3 is 2.35 bits per heavy atom. The van der Waals surface area contributed by atoms with E-state index >= 15 is 0 Å². The average molecular weight is 265 g/mol. The van der Waals surface area contributed by atoms with Gasteiger partial charge in [-0.1, -0.05) is 48.0 Å². The van der Waals surface area contributed by atoms with Crippen molar-refractivity contribution < 1.29 is 9.90 Å². The number of carboxylic acid groups (broad SMARTS) is 1. The van der Waals surface area contributed by atoms with Gasteiger partial charge in [0.15, 0.2) is 0 Å². The summed E-state index contributed by atoms with van der Waals surface area (Å²) in [7, 11) is 0. The first-order valence-corrected chi connectivity index (χ1v) is 6.18. The summed E-state index contributed by atoms with van der Waals surface area (Å²) in [6.45, 7) is 0. The van der Waals surface area contributed by atoms with E-state index in [4.69, 9.17) is 11.6 Å². The summed E-state index contributed by atoms with van der Waals surface area (Å²) < 4.78 is 0. The van der Waals surface area contributed by atoms with Crippen molar-refractivity contribution in [3.8, 4) is 0 Å². The molecule has 1 aromatic heterocycles. The lowest BCUT2D eigenvalue weighted by Crippen LogP contribution is -1.99. The zero-order valence-corrected chi connectivity index (χ0v) is 10.3. The van der Waals surface area contributed by atoms with Crippen molar-refractivity contribution in [1.82, 2.24) is 0 Å². The number of hydrogen-bond acceptors (Lipinski definition) is 2. The predicted octanol–water partition coefficient (Wildman–Crippen LogP) is 3.94. The zero-order chi connectivity index (χ0) is 12.3. The van der Waals surface area contributed by atoms with Gasteiger partial charge in [-0.25, -0.2) is 4.79 Å². The number of carboxylic acids is 1. The Balaban J connectivity index is 2.56. The van der Waals surface area contributed by atoms with Gasteiger partial charge in [-0.05, 0) is 17.0 Å². The standard InChI is InChI=1S/C13H9ClO2S/c14-12(9-5-2-1-3-6-9)11(13(15)16)10-7-4-8-17-10/h1-8H,(H,15,16). The number of benzene rings is 1. The van der Waals surface area contributed by atoms with E-state index in [-0.39, 0.29) is 10.6 Å². The van der Waals surface area contributed by atoms with E-state index in [0.29, 0.717) is 10.4 Å². The molecule has 1 heterocycles. The smallest absolute Gasteiger partial charge is 0.338 e. The van der Waals surface area contributed by atoms with Crippen LogP contribution >= 0.6 is 22.9 Å². The number of aliphatic carboxylic acids is 1. The number of hydrogen-bond donors (Lipinski definition) is 1. The minimum Gasteiger partial charge on any atom is -0.478 e. The van der Waals surface area contributed by atoms with Crippen molar-refractivity contribution in [2.24, 2.45) is 0 Å². The second-order valence-electron chi connectivity index (χ2n) is 3.34. The number of rotatable bonds is 3. The van der Waals surface area contributed by atoms with Crippen molar-refractivity contribution in [1.29, 1.82) is 0 Å². The van der Waals surface area contributed by atoms with E-state index in [1.54, 1.807) is 24.3 Å². The highest BCUT2D eigenvalue weighted by molar-refractivity contribution is 7.11. The highest BCUT2D eigenvalue weighted by Crippen LogP contribution is 2.31. The van der Waals surface area contributed by atoms with Crippen molar-refractivity contribution in [2.45, 2.75) is 0 Å². The van der Waals surface area contributed by atoms with Crippen LogP contribution in [0.25, 0.3) is 10.6 Å². The van der Waals surface area contributed by atoms with E-state index in [1.807, 2.05) is 23.6 Å². The maximum absolute atomic E-state index is 11.3. The molecule has 0 fully saturated rings. The van der Waals surface area contributed by atoms with Crippen LogP contribution in [0.2, 0.25) is 0 Å². The molecule has 0 aliphatic carbocycles. The molecule has 0 saturated carbocycles. The van der Waals surface area contributed by atoms with Gasteiger partial charge in [-0.2, -0.15) is 0 Å². The van der Waals surface area contributed by atoms with Gasteiger partial charge in [0, 0.05) is 4.88 Å². The summed E-state index contributed by atoms with van der Waals surface area (Å²) in [6.07, 6.45) is 0. The van der Waals surface area contributed by atoms with Crippen LogP contribution in [0.3, 0.4) is 0 Å². The van der Waals surface area contributed by atoms with Crippen LogP contribution < -0.4 is 0 Å². The van der Waals surface area contributed by atoms with E-state index in [1.165, 1.54) is 11.3 Å². The lowest BCUT2D eigenvalue weighted by Gasteiger charge is -2.04. The van der Waals surface area contributed by atoms with Gasteiger partial charge in [0.1, 0.15) is 0 Å². The lowest BCUT2D eigenvalue weighted by molar-refractivity contribution is -0.130. The summed E-state index contributed by atoms with van der Waals surface area (Å²) in [5, 5.41) is 11.3. The van der Waals surface area contributed by atoms with Crippen LogP contribution in [0.15, 0.2) is 47.8 Å². The zero-order valence-electron chi connectivity index (χ0n) is 8.76. The summed E-state index contributed by atoms with van der Waals surface area (Å²) in [6, 6.07) is 12.6. The van der Waals surface area contributed by atoms with E-state index in [0.717, 1.165) is 0 Å². The fraction of sp³-hybridized carbons (Fsp3) is 0. The van der Waals surface area contributed by atoms with Gasteiger partial charge in [-0.3, -0.25) is 0 Å². The van der Waals surface area contributed by atoms with Crippen molar-refractivity contribution in [2.75, 3.05) is 0 Å². The molecular formula is C13H9ClO2S. The highest BCUT2D eigenvalue weighted by atomic mass is 35.5. The number of halogens is 1. The molecule has 2 rings (SSSR count). The molecule has 86 valence electrons. The van der Waals surface area contributed by atoms with Gasteiger partial charge >= 0.3 is 5.97 Å². The van der Waals surface area contributed by atoms with E-state index in [2.05, 4.69) is 0 Å². The Bertz CT molecular complexity index is 544. The van der Waals surface area contributed by atoms with Gasteiger partial charge in [0.25, 0.3) is 0 Å². The van der Waals surface area contributed by atoms with Crippen molar-refractivity contribution >= 4 is 39.5 Å². The van der Waals surface area contributed by atoms with Crippen LogP contribution in [0, 0.1) is 0 Å². The molecule has 17 heavy (non-hydrogen) atoms. The van der Waals surface area contributed by atoms with Gasteiger partial charge in [0.05, 0.1) is 10.6 Å². The maximum atomic E-state index is 11.3. The Kier molecular flexibility index (Phi) is 3.61. The Morgan fingerprint density at radius 2 is 1.82 bits per heavy atom. The number of thiophene rings is 1. The van der Waals surface area contributed by atoms with E-state index in [9.17, 15) is 9.90 Å². The molecule has 0 aliphatic rings. The first kappa shape index (κ1) is 11.9. The molecule has 1 N–H and O–H groups in total. The third-order valence-electron chi connectivity index (χ3n) is 2.23. The molecule has 0 unspecified atom stereocenters. The lowest BCUT2D eigenvalue weighted by atomic mass is 10.1. The van der Waals surface area contributed by atoms with Crippen molar-refractivity contribution in [3.05, 3.63) is 58.3 Å². The highest BCUT2D eigenvalue weighted by Gasteiger charge is 2.17. The molecule has 0 radical (unpaired) electrons. The fourth-order valence-electron chi connectivity index (χ4n) is 1.46. The monoisotopic (exact) mass is 264 g/mol. The Hall–Kier alpha value is -1.58. The first-order chi connectivity index (χ1) is 8.20. The number of carbonyl (C=O) groups is 1. The second kappa shape index (κ2) is 5.17. The third kappa shape index (κ3) is 2.57. The molecule has 0 amide bonds. The molecule has 0 bridgehead atoms. The molecule has 0 atom stereocenters. The largest absolute Gasteiger partial charge is 0.478 e. The van der Waals surface area contributed by atoms with Crippen molar-refractivity contribution in [3.63, 3.8) is 0 Å². The Labute approximate surface area is 108 Å². The quantitative estimate of drug-likeness (QED) is 0.853. The summed E-state index contributed by atoms with van der Waals surface area (Å²) in [5.41, 5.74) is 0.854. The molecule has 2 nitrogen and oxygen atoms in total. The summed E-state index contributed by atoms with van der Waals surface area (Å²) in [4.78, 5) is 11.9. The topological polar surface area (TPSA) is 37.3 Å². The van der Waals surface area contributed by atoms with Gasteiger partial charge < -0.3 is 5.11 Å². The summed E-state index contributed by atoms with van der Waals surface area (Å²) >= 11 is 7.52. The van der Waals surface area contributed by atoms with Crippen LogP contribution in [0.5, 0.6) is 0 Å². The molecule has 2 aromatic rings. The van der Waals surface area contributed by atoms with Crippen LogP contribution in [0.4, 0.5) is 0 Å². The van der Waals surface area contributed by atoms with Crippen LogP contribution in [-0.2, 0) is 4.79 Å². The normalized spacial score (nSPS) is 12.1. The average Bonchev–Trinajstić information content (AvgIpc) is 2.83. The summed E-state index contributed by atoms with van der Waals surface area (Å²) in [5.74, 6) is -1.01. The molecule has 0 saturated heterocycles. The molecular weight excluding hydrogens is 256 g/mol. The van der Waals surface area contributed by atoms with E-state index < -0.39 is 5.97 Å². The molecule has 0 aliphatic heterocycles. The maximum Gasteiger partial charge on any atom is 0.338 e. The predicted molar refractivity (Wildman–Crippen MR) is 71.1 cm³/mol. The fourth-order valence-corrected chi connectivity index (χ4v) is 2.59. The second-order valence-corrected chi connectivity index (χ2v) is 4.66. The van der Waals surface area contributed by atoms with Gasteiger partial charge in [0.2, 0.25) is 0 Å². The SMILES string of the molecule is O=C(O)C(=C(Cl)c1ccccc1)c1cccs1.